The summed E-state index contributed by atoms with van der Waals surface area (Å²) in [7, 11) is 2.10. The number of rotatable bonds is 1. The third-order valence-corrected chi connectivity index (χ3v) is 4.97. The molecule has 0 amide bonds. The van der Waals surface area contributed by atoms with E-state index in [9.17, 15) is 0 Å². The monoisotopic (exact) mass is 259 g/mol. The van der Waals surface area contributed by atoms with Crippen LogP contribution in [0.2, 0.25) is 0 Å². The van der Waals surface area contributed by atoms with Gasteiger partial charge in [-0.15, -0.1) is 0 Å². The molecule has 0 N–H and O–H groups in total. The maximum absolute atomic E-state index is 5.49. The number of aryl methyl sites for hydroxylation is 1. The highest BCUT2D eigenvalue weighted by Gasteiger charge is 2.45. The highest BCUT2D eigenvalue weighted by molar-refractivity contribution is 5.65. The first-order chi connectivity index (χ1) is 9.27. The quantitative estimate of drug-likeness (QED) is 0.770. The fourth-order valence-corrected chi connectivity index (χ4v) is 3.74. The van der Waals surface area contributed by atoms with Gasteiger partial charge < -0.3 is 14.2 Å². The van der Waals surface area contributed by atoms with Crippen molar-refractivity contribution in [1.29, 1.82) is 0 Å². The zero-order valence-electron chi connectivity index (χ0n) is 11.6. The lowest BCUT2D eigenvalue weighted by Gasteiger charge is -2.54. The van der Waals surface area contributed by atoms with Crippen LogP contribution in [0, 0.1) is 5.41 Å². The van der Waals surface area contributed by atoms with E-state index in [1.807, 2.05) is 6.33 Å². The number of allylic oxidation sites excluding steroid dienone is 1. The SMILES string of the molecule is Cn1cnc2c1CCC=C2N1CC2(CCOCC2)C1. The van der Waals surface area contributed by atoms with Gasteiger partial charge in [0.15, 0.2) is 0 Å². The molecule has 2 fully saturated rings. The number of imidazole rings is 1. The molecule has 3 aliphatic rings. The Labute approximate surface area is 114 Å². The van der Waals surface area contributed by atoms with Crippen LogP contribution in [0.1, 0.15) is 30.7 Å². The molecule has 0 atom stereocenters. The highest BCUT2D eigenvalue weighted by Crippen LogP contribution is 2.44. The van der Waals surface area contributed by atoms with Crippen LogP contribution in [0.25, 0.3) is 5.70 Å². The van der Waals surface area contributed by atoms with Gasteiger partial charge in [-0.2, -0.15) is 0 Å². The van der Waals surface area contributed by atoms with Gasteiger partial charge in [0.05, 0.1) is 12.0 Å². The van der Waals surface area contributed by atoms with E-state index in [2.05, 4.69) is 27.6 Å². The standard InChI is InChI=1S/C15H21N3O/c1-17-11-16-14-12(17)3-2-4-13(14)18-9-15(10-18)5-7-19-8-6-15/h4,11H,2-3,5-10H2,1H3. The molecule has 102 valence electrons. The Balaban J connectivity index is 1.54. The molecule has 2 saturated heterocycles. The van der Waals surface area contributed by atoms with Crippen molar-refractivity contribution in [2.24, 2.45) is 12.5 Å². The molecule has 1 aromatic heterocycles. The first-order valence-electron chi connectivity index (χ1n) is 7.31. The predicted octanol–water partition coefficient (Wildman–Crippen LogP) is 1.82. The molecular weight excluding hydrogens is 238 g/mol. The Morgan fingerprint density at radius 2 is 2.05 bits per heavy atom. The van der Waals surface area contributed by atoms with Crippen molar-refractivity contribution in [3.63, 3.8) is 0 Å². The van der Waals surface area contributed by atoms with Gasteiger partial charge in [-0.05, 0) is 25.7 Å². The summed E-state index contributed by atoms with van der Waals surface area (Å²) in [4.78, 5) is 7.13. The number of aromatic nitrogens is 2. The molecule has 1 aromatic rings. The molecule has 2 aliphatic heterocycles. The molecule has 4 nitrogen and oxygen atoms in total. The molecule has 0 aromatic carbocycles. The summed E-state index contributed by atoms with van der Waals surface area (Å²) in [5.41, 5.74) is 4.52. The Bertz CT molecular complexity index is 517. The smallest absolute Gasteiger partial charge is 0.107 e. The van der Waals surface area contributed by atoms with Crippen LogP contribution in [0.3, 0.4) is 0 Å². The number of hydrogen-bond acceptors (Lipinski definition) is 3. The number of likely N-dealkylation sites (tertiary alicyclic amines) is 1. The fourth-order valence-electron chi connectivity index (χ4n) is 3.74. The number of fused-ring (bicyclic) bond motifs is 1. The van der Waals surface area contributed by atoms with Crippen molar-refractivity contribution in [2.45, 2.75) is 25.7 Å². The molecule has 3 heterocycles. The van der Waals surface area contributed by atoms with Gasteiger partial charge >= 0.3 is 0 Å². The Morgan fingerprint density at radius 1 is 1.26 bits per heavy atom. The van der Waals surface area contributed by atoms with E-state index in [0.29, 0.717) is 5.41 Å². The zero-order valence-corrected chi connectivity index (χ0v) is 11.6. The molecule has 0 bridgehead atoms. The number of ether oxygens (including phenoxy) is 1. The van der Waals surface area contributed by atoms with Crippen molar-refractivity contribution in [3.8, 4) is 0 Å². The van der Waals surface area contributed by atoms with Crippen molar-refractivity contribution >= 4 is 5.70 Å². The molecule has 4 heteroatoms. The van der Waals surface area contributed by atoms with Crippen molar-refractivity contribution in [3.05, 3.63) is 23.8 Å². The minimum Gasteiger partial charge on any atom is -0.381 e. The van der Waals surface area contributed by atoms with E-state index in [-0.39, 0.29) is 0 Å². The van der Waals surface area contributed by atoms with E-state index in [1.54, 1.807) is 0 Å². The summed E-state index contributed by atoms with van der Waals surface area (Å²) < 4.78 is 7.67. The third-order valence-electron chi connectivity index (χ3n) is 4.97. The average Bonchev–Trinajstić information content (AvgIpc) is 2.79. The summed E-state index contributed by atoms with van der Waals surface area (Å²) in [6.07, 6.45) is 9.06. The summed E-state index contributed by atoms with van der Waals surface area (Å²) in [5.74, 6) is 0. The van der Waals surface area contributed by atoms with Gasteiger partial charge in [0.25, 0.3) is 0 Å². The second kappa shape index (κ2) is 4.10. The summed E-state index contributed by atoms with van der Waals surface area (Å²) >= 11 is 0. The van der Waals surface area contributed by atoms with Gasteiger partial charge in [0.2, 0.25) is 0 Å². The Hall–Kier alpha value is -1.29. The molecule has 1 spiro atoms. The minimum absolute atomic E-state index is 0.533. The second-order valence-corrected chi connectivity index (χ2v) is 6.25. The van der Waals surface area contributed by atoms with Crippen LogP contribution in [0.15, 0.2) is 12.4 Å². The summed E-state index contributed by atoms with van der Waals surface area (Å²) in [6, 6.07) is 0. The largest absolute Gasteiger partial charge is 0.381 e. The average molecular weight is 259 g/mol. The first-order valence-corrected chi connectivity index (χ1v) is 7.31. The van der Waals surface area contributed by atoms with Crippen LogP contribution >= 0.6 is 0 Å². The van der Waals surface area contributed by atoms with Crippen molar-refractivity contribution in [2.75, 3.05) is 26.3 Å². The molecule has 0 radical (unpaired) electrons. The minimum atomic E-state index is 0.533. The van der Waals surface area contributed by atoms with E-state index in [0.717, 1.165) is 26.1 Å². The van der Waals surface area contributed by atoms with Gasteiger partial charge in [0.1, 0.15) is 5.69 Å². The van der Waals surface area contributed by atoms with Gasteiger partial charge in [-0.3, -0.25) is 0 Å². The lowest BCUT2D eigenvalue weighted by Crippen LogP contribution is -2.57. The van der Waals surface area contributed by atoms with Crippen LogP contribution < -0.4 is 0 Å². The molecule has 0 saturated carbocycles. The molecular formula is C15H21N3O. The van der Waals surface area contributed by atoms with Crippen LogP contribution in [-0.2, 0) is 18.2 Å². The van der Waals surface area contributed by atoms with E-state index < -0.39 is 0 Å². The molecule has 1 aliphatic carbocycles. The maximum Gasteiger partial charge on any atom is 0.107 e. The topological polar surface area (TPSA) is 30.3 Å². The third kappa shape index (κ3) is 1.73. The first kappa shape index (κ1) is 11.5. The van der Waals surface area contributed by atoms with Crippen molar-refractivity contribution in [1.82, 2.24) is 14.5 Å². The Morgan fingerprint density at radius 3 is 2.84 bits per heavy atom. The highest BCUT2D eigenvalue weighted by atomic mass is 16.5. The van der Waals surface area contributed by atoms with E-state index in [1.165, 1.54) is 43.0 Å². The molecule has 19 heavy (non-hydrogen) atoms. The van der Waals surface area contributed by atoms with Crippen LogP contribution in [-0.4, -0.2) is 40.8 Å². The van der Waals surface area contributed by atoms with E-state index >= 15 is 0 Å². The molecule has 0 unspecified atom stereocenters. The summed E-state index contributed by atoms with van der Waals surface area (Å²) in [6.45, 7) is 4.28. The van der Waals surface area contributed by atoms with Crippen LogP contribution in [0.5, 0.6) is 0 Å². The predicted molar refractivity (Wildman–Crippen MR) is 73.6 cm³/mol. The lowest BCUT2D eigenvalue weighted by molar-refractivity contribution is -0.0571. The Kier molecular flexibility index (Phi) is 2.49. The number of hydrogen-bond donors (Lipinski definition) is 0. The zero-order chi connectivity index (χ0) is 12.9. The normalized spacial score (nSPS) is 24.9. The van der Waals surface area contributed by atoms with Gasteiger partial charge in [-0.25, -0.2) is 4.98 Å². The molecule has 4 rings (SSSR count). The van der Waals surface area contributed by atoms with Crippen LogP contribution in [0.4, 0.5) is 0 Å². The van der Waals surface area contributed by atoms with Gasteiger partial charge in [-0.1, -0.05) is 6.08 Å². The maximum atomic E-state index is 5.49. The fraction of sp³-hybridized carbons (Fsp3) is 0.667. The van der Waals surface area contributed by atoms with Gasteiger partial charge in [0, 0.05) is 44.5 Å². The number of nitrogens with zero attached hydrogens (tertiary/aromatic N) is 3. The summed E-state index contributed by atoms with van der Waals surface area (Å²) in [5, 5.41) is 0. The van der Waals surface area contributed by atoms with Crippen molar-refractivity contribution < 1.29 is 4.74 Å². The lowest BCUT2D eigenvalue weighted by atomic mass is 9.73. The van der Waals surface area contributed by atoms with E-state index in [4.69, 9.17) is 4.74 Å². The second-order valence-electron chi connectivity index (χ2n) is 6.25.